The Bertz CT molecular complexity index is 553. The Morgan fingerprint density at radius 1 is 1.33 bits per heavy atom. The maximum atomic E-state index is 13.5. The third-order valence-electron chi connectivity index (χ3n) is 2.48. The van der Waals surface area contributed by atoms with Crippen LogP contribution in [-0.4, -0.2) is 47.0 Å². The van der Waals surface area contributed by atoms with Gasteiger partial charge in [-0.05, 0) is 0 Å². The van der Waals surface area contributed by atoms with Crippen LogP contribution in [0.5, 0.6) is 0 Å². The molecule has 0 aromatic heterocycles. The van der Waals surface area contributed by atoms with Gasteiger partial charge in [0.15, 0.2) is 0 Å². The van der Waals surface area contributed by atoms with Crippen molar-refractivity contribution in [1.82, 2.24) is 4.90 Å². The topological polar surface area (TPSA) is 83.7 Å². The molecule has 0 aliphatic heterocycles. The minimum atomic E-state index is -2.95. The van der Waals surface area contributed by atoms with Crippen LogP contribution in [0.3, 0.4) is 0 Å². The van der Waals surface area contributed by atoms with Crippen LogP contribution < -0.4 is 0 Å². The second-order valence-electron chi connectivity index (χ2n) is 3.91. The quantitative estimate of drug-likeness (QED) is 0.491. The molecule has 1 amide bonds. The summed E-state index contributed by atoms with van der Waals surface area (Å²) in [4.78, 5) is 21.7. The number of hydrogen-bond donors (Lipinski definition) is 1. The molecule has 0 aliphatic carbocycles. The van der Waals surface area contributed by atoms with E-state index >= 15 is 0 Å². The van der Waals surface area contributed by atoms with E-state index in [0.29, 0.717) is 11.0 Å². The Labute approximate surface area is 115 Å². The molecule has 0 radical (unpaired) electrons. The second kappa shape index (κ2) is 6.97. The summed E-state index contributed by atoms with van der Waals surface area (Å²) in [5, 5.41) is 19.2. The highest BCUT2D eigenvalue weighted by molar-refractivity contribution is 5.95. The van der Waals surface area contributed by atoms with Gasteiger partial charge in [0.05, 0.1) is 23.6 Å². The average Bonchev–Trinajstić information content (AvgIpc) is 2.36. The number of benzene rings is 1. The van der Waals surface area contributed by atoms with Crippen LogP contribution in [0.15, 0.2) is 12.1 Å². The van der Waals surface area contributed by atoms with E-state index in [9.17, 15) is 32.5 Å². The van der Waals surface area contributed by atoms with Crippen LogP contribution in [0.4, 0.5) is 23.2 Å². The first kappa shape index (κ1) is 16.8. The van der Waals surface area contributed by atoms with Crippen LogP contribution >= 0.6 is 0 Å². The lowest BCUT2D eigenvalue weighted by Gasteiger charge is -2.21. The van der Waals surface area contributed by atoms with Crippen LogP contribution in [0.1, 0.15) is 10.4 Å². The summed E-state index contributed by atoms with van der Waals surface area (Å²) < 4.78 is 51.3. The van der Waals surface area contributed by atoms with Crippen molar-refractivity contribution in [2.45, 2.75) is 6.43 Å². The highest BCUT2D eigenvalue weighted by Crippen LogP contribution is 2.22. The van der Waals surface area contributed by atoms with Crippen molar-refractivity contribution in [1.29, 1.82) is 0 Å². The predicted molar refractivity (Wildman–Crippen MR) is 62.0 cm³/mol. The molecule has 1 aromatic rings. The monoisotopic (exact) mass is 310 g/mol. The molecule has 0 saturated heterocycles. The molecule has 21 heavy (non-hydrogen) atoms. The van der Waals surface area contributed by atoms with Gasteiger partial charge in [-0.15, -0.1) is 0 Å². The molecule has 1 N–H and O–H groups in total. The van der Waals surface area contributed by atoms with E-state index in [1.54, 1.807) is 0 Å². The smallest absolute Gasteiger partial charge is 0.305 e. The maximum Gasteiger partial charge on any atom is 0.305 e. The first-order chi connectivity index (χ1) is 9.77. The van der Waals surface area contributed by atoms with Crippen molar-refractivity contribution in [3.8, 4) is 0 Å². The van der Waals surface area contributed by atoms with Gasteiger partial charge in [0.25, 0.3) is 12.3 Å². The Hall–Kier alpha value is -2.23. The third kappa shape index (κ3) is 4.12. The molecule has 0 bridgehead atoms. The van der Waals surface area contributed by atoms with Gasteiger partial charge in [-0.1, -0.05) is 0 Å². The standard InChI is InChI=1S/C11H10F4N2O4/c12-7-4-8(13)9(17(20)21)3-6(7)11(19)16(1-2-18)5-10(14)15/h3-4,10,18H,1-2,5H2. The maximum absolute atomic E-state index is 13.5. The zero-order valence-electron chi connectivity index (χ0n) is 10.4. The van der Waals surface area contributed by atoms with Gasteiger partial charge < -0.3 is 10.0 Å². The molecule has 0 saturated carbocycles. The molecule has 0 fully saturated rings. The minimum Gasteiger partial charge on any atom is -0.395 e. The number of nitrogens with zero attached hydrogens (tertiary/aromatic N) is 2. The van der Waals surface area contributed by atoms with Crippen molar-refractivity contribution in [2.75, 3.05) is 19.7 Å². The van der Waals surface area contributed by atoms with E-state index in [4.69, 9.17) is 5.11 Å². The summed E-state index contributed by atoms with van der Waals surface area (Å²) in [5.74, 6) is -4.21. The van der Waals surface area contributed by atoms with Crippen LogP contribution in [-0.2, 0) is 0 Å². The molecule has 1 rings (SSSR count). The number of nitro groups is 1. The zero-order chi connectivity index (χ0) is 16.2. The number of alkyl halides is 2. The lowest BCUT2D eigenvalue weighted by atomic mass is 10.1. The Morgan fingerprint density at radius 3 is 2.43 bits per heavy atom. The summed E-state index contributed by atoms with van der Waals surface area (Å²) >= 11 is 0. The molecule has 6 nitrogen and oxygen atoms in total. The van der Waals surface area contributed by atoms with Gasteiger partial charge in [-0.2, -0.15) is 4.39 Å². The lowest BCUT2D eigenvalue weighted by Crippen LogP contribution is -2.37. The molecular formula is C11H10F4N2O4. The van der Waals surface area contributed by atoms with Crippen molar-refractivity contribution in [3.05, 3.63) is 39.4 Å². The summed E-state index contributed by atoms with van der Waals surface area (Å²) in [6, 6.07) is 0.466. The molecular weight excluding hydrogens is 300 g/mol. The first-order valence-corrected chi connectivity index (χ1v) is 5.59. The van der Waals surface area contributed by atoms with Crippen LogP contribution in [0.25, 0.3) is 0 Å². The van der Waals surface area contributed by atoms with Crippen molar-refractivity contribution in [3.63, 3.8) is 0 Å². The van der Waals surface area contributed by atoms with E-state index < -0.39 is 59.8 Å². The summed E-state index contributed by atoms with van der Waals surface area (Å²) in [6.07, 6.45) is -2.95. The Morgan fingerprint density at radius 2 is 1.95 bits per heavy atom. The second-order valence-corrected chi connectivity index (χ2v) is 3.91. The van der Waals surface area contributed by atoms with E-state index in [2.05, 4.69) is 0 Å². The van der Waals surface area contributed by atoms with Crippen LogP contribution in [0, 0.1) is 21.7 Å². The largest absolute Gasteiger partial charge is 0.395 e. The molecule has 0 spiro atoms. The highest BCUT2D eigenvalue weighted by Gasteiger charge is 2.26. The van der Waals surface area contributed by atoms with Gasteiger partial charge in [0.2, 0.25) is 5.82 Å². The van der Waals surface area contributed by atoms with E-state index in [1.165, 1.54) is 0 Å². The number of nitro benzene ring substituents is 1. The third-order valence-corrected chi connectivity index (χ3v) is 2.48. The van der Waals surface area contributed by atoms with Crippen molar-refractivity contribution >= 4 is 11.6 Å². The molecule has 0 atom stereocenters. The van der Waals surface area contributed by atoms with Crippen molar-refractivity contribution < 1.29 is 32.4 Å². The molecule has 0 aliphatic rings. The predicted octanol–water partition coefficient (Wildman–Crippen LogP) is 1.57. The fourth-order valence-corrected chi connectivity index (χ4v) is 1.57. The number of aliphatic hydroxyl groups excluding tert-OH is 1. The number of amides is 1. The normalized spacial score (nSPS) is 10.8. The van der Waals surface area contributed by atoms with E-state index in [-0.39, 0.29) is 6.07 Å². The van der Waals surface area contributed by atoms with Gasteiger partial charge in [0.1, 0.15) is 5.82 Å². The highest BCUT2D eigenvalue weighted by atomic mass is 19.3. The average molecular weight is 310 g/mol. The Balaban J connectivity index is 3.20. The fraction of sp³-hybridized carbons (Fsp3) is 0.364. The first-order valence-electron chi connectivity index (χ1n) is 5.59. The summed E-state index contributed by atoms with van der Waals surface area (Å²) in [7, 11) is 0. The molecule has 1 aromatic carbocycles. The molecule has 10 heteroatoms. The Kier molecular flexibility index (Phi) is 5.59. The van der Waals surface area contributed by atoms with E-state index in [0.717, 1.165) is 0 Å². The number of aliphatic hydroxyl groups is 1. The van der Waals surface area contributed by atoms with Gasteiger partial charge in [-0.3, -0.25) is 14.9 Å². The minimum absolute atomic E-state index is 0.130. The molecule has 0 heterocycles. The number of carbonyl (C=O) groups excluding carboxylic acids is 1. The van der Waals surface area contributed by atoms with Crippen molar-refractivity contribution in [2.24, 2.45) is 0 Å². The zero-order valence-corrected chi connectivity index (χ0v) is 10.4. The fourth-order valence-electron chi connectivity index (χ4n) is 1.57. The number of hydrogen-bond acceptors (Lipinski definition) is 4. The number of carbonyl (C=O) groups is 1. The van der Waals surface area contributed by atoms with Gasteiger partial charge >= 0.3 is 5.69 Å². The number of rotatable bonds is 6. The van der Waals surface area contributed by atoms with Crippen LogP contribution in [0.2, 0.25) is 0 Å². The van der Waals surface area contributed by atoms with E-state index in [1.807, 2.05) is 0 Å². The van der Waals surface area contributed by atoms with Gasteiger partial charge in [0, 0.05) is 18.7 Å². The number of halogens is 4. The summed E-state index contributed by atoms with van der Waals surface area (Å²) in [5.41, 5.74) is -2.07. The lowest BCUT2D eigenvalue weighted by molar-refractivity contribution is -0.387. The SMILES string of the molecule is O=C(c1cc([N+](=O)[O-])c(F)cc1F)N(CCO)CC(F)F. The molecule has 0 unspecified atom stereocenters. The van der Waals surface area contributed by atoms with Gasteiger partial charge in [-0.25, -0.2) is 13.2 Å². The molecule has 116 valence electrons. The summed E-state index contributed by atoms with van der Waals surface area (Å²) in [6.45, 7) is -2.28.